The number of ether oxygens (including phenoxy) is 1. The maximum absolute atomic E-state index is 12.1. The van der Waals surface area contributed by atoms with Crippen LogP contribution in [0.15, 0.2) is 12.5 Å². The Morgan fingerprint density at radius 3 is 3.22 bits per heavy atom. The molecule has 2 aromatic heterocycles. The number of rotatable bonds is 5. The average Bonchev–Trinajstić information content (AvgIpc) is 3.00. The van der Waals surface area contributed by atoms with Crippen LogP contribution in [0.1, 0.15) is 30.1 Å². The molecule has 8 nitrogen and oxygen atoms in total. The van der Waals surface area contributed by atoms with E-state index in [1.807, 2.05) is 0 Å². The van der Waals surface area contributed by atoms with Crippen molar-refractivity contribution in [2.45, 2.75) is 25.8 Å². The third-order valence-corrected chi connectivity index (χ3v) is 3.91. The van der Waals surface area contributed by atoms with Crippen LogP contribution in [-0.2, 0) is 9.53 Å². The molecule has 8 heteroatoms. The van der Waals surface area contributed by atoms with Crippen molar-refractivity contribution in [3.63, 3.8) is 0 Å². The number of likely N-dealkylation sites (tertiary alicyclic amines) is 1. The molecule has 3 rings (SSSR count). The van der Waals surface area contributed by atoms with Gasteiger partial charge in [0.25, 0.3) is 0 Å². The van der Waals surface area contributed by atoms with Crippen molar-refractivity contribution in [1.82, 2.24) is 19.9 Å². The zero-order chi connectivity index (χ0) is 16.2. The van der Waals surface area contributed by atoms with Gasteiger partial charge >= 0.3 is 5.97 Å². The van der Waals surface area contributed by atoms with E-state index in [1.165, 1.54) is 6.33 Å². The summed E-state index contributed by atoms with van der Waals surface area (Å²) >= 11 is 0. The number of anilines is 1. The molecule has 3 heterocycles. The highest BCUT2D eigenvalue weighted by molar-refractivity contribution is 6.07. The van der Waals surface area contributed by atoms with E-state index in [1.54, 1.807) is 18.0 Å². The first-order chi connectivity index (χ1) is 11.2. The van der Waals surface area contributed by atoms with E-state index in [2.05, 4.69) is 20.3 Å². The van der Waals surface area contributed by atoms with Crippen LogP contribution < -0.4 is 5.32 Å². The second-order valence-corrected chi connectivity index (χ2v) is 5.45. The number of hydrogen-bond donors (Lipinski definition) is 2. The van der Waals surface area contributed by atoms with E-state index < -0.39 is 5.97 Å². The van der Waals surface area contributed by atoms with Crippen LogP contribution in [0.4, 0.5) is 5.82 Å². The van der Waals surface area contributed by atoms with Gasteiger partial charge in [-0.15, -0.1) is 0 Å². The van der Waals surface area contributed by atoms with Gasteiger partial charge in [0.05, 0.1) is 17.6 Å². The van der Waals surface area contributed by atoms with E-state index in [9.17, 15) is 9.59 Å². The fourth-order valence-electron chi connectivity index (χ4n) is 2.86. The Hall–Kier alpha value is -2.64. The molecular formula is C15H19N5O3. The van der Waals surface area contributed by atoms with Gasteiger partial charge in [0, 0.05) is 25.3 Å². The lowest BCUT2D eigenvalue weighted by Crippen LogP contribution is -2.41. The quantitative estimate of drug-likeness (QED) is 0.634. The maximum Gasteiger partial charge on any atom is 0.340 e. The topological polar surface area (TPSA) is 100 Å². The fraction of sp³-hybridized carbons (Fsp3) is 0.467. The lowest BCUT2D eigenvalue weighted by atomic mass is 10.1. The third kappa shape index (κ3) is 3.10. The summed E-state index contributed by atoms with van der Waals surface area (Å²) in [4.78, 5) is 36.2. The molecule has 122 valence electrons. The molecule has 1 unspecified atom stereocenters. The Balaban J connectivity index is 1.89. The molecule has 2 aromatic rings. The molecule has 0 aromatic carbocycles. The van der Waals surface area contributed by atoms with Crippen molar-refractivity contribution in [3.05, 3.63) is 18.1 Å². The highest BCUT2D eigenvalue weighted by Crippen LogP contribution is 2.25. The number of fused-ring (bicyclic) bond motifs is 1. The van der Waals surface area contributed by atoms with Crippen molar-refractivity contribution in [2.24, 2.45) is 0 Å². The first kappa shape index (κ1) is 15.3. The number of amides is 1. The Kier molecular flexibility index (Phi) is 4.40. The Morgan fingerprint density at radius 2 is 2.43 bits per heavy atom. The minimum atomic E-state index is -0.408. The Bertz CT molecular complexity index is 714. The largest absolute Gasteiger partial charge is 0.462 e. The SMILES string of the molecule is CCOC(=O)c1c[nH]c2ncnc(NC3CCCN(C=O)C3)c12. The average molecular weight is 317 g/mol. The summed E-state index contributed by atoms with van der Waals surface area (Å²) in [6.45, 7) is 3.46. The second kappa shape index (κ2) is 6.64. The molecule has 1 amide bonds. The first-order valence-electron chi connectivity index (χ1n) is 7.68. The molecular weight excluding hydrogens is 298 g/mol. The predicted octanol–water partition coefficient (Wildman–Crippen LogP) is 1.17. The van der Waals surface area contributed by atoms with Crippen molar-refractivity contribution in [3.8, 4) is 0 Å². The summed E-state index contributed by atoms with van der Waals surface area (Å²) in [7, 11) is 0. The van der Waals surface area contributed by atoms with Gasteiger partial charge in [-0.05, 0) is 19.8 Å². The fourth-order valence-corrected chi connectivity index (χ4v) is 2.86. The van der Waals surface area contributed by atoms with Gasteiger partial charge in [0.1, 0.15) is 17.8 Å². The molecule has 1 fully saturated rings. The number of carbonyl (C=O) groups excluding carboxylic acids is 2. The van der Waals surface area contributed by atoms with Crippen LogP contribution in [0.25, 0.3) is 11.0 Å². The summed E-state index contributed by atoms with van der Waals surface area (Å²) in [6, 6.07) is 0.0944. The molecule has 0 spiro atoms. The molecule has 0 aliphatic carbocycles. The van der Waals surface area contributed by atoms with Gasteiger partial charge < -0.3 is 19.9 Å². The predicted molar refractivity (Wildman–Crippen MR) is 84.1 cm³/mol. The van der Waals surface area contributed by atoms with Crippen LogP contribution >= 0.6 is 0 Å². The number of aromatic nitrogens is 3. The van der Waals surface area contributed by atoms with Crippen LogP contribution in [0, 0.1) is 0 Å². The van der Waals surface area contributed by atoms with Gasteiger partial charge in [0.2, 0.25) is 6.41 Å². The molecule has 1 atom stereocenters. The highest BCUT2D eigenvalue weighted by Gasteiger charge is 2.22. The van der Waals surface area contributed by atoms with Crippen LogP contribution in [0.3, 0.4) is 0 Å². The zero-order valence-electron chi connectivity index (χ0n) is 12.9. The molecule has 0 radical (unpaired) electrons. The molecule has 23 heavy (non-hydrogen) atoms. The first-order valence-corrected chi connectivity index (χ1v) is 7.68. The number of aromatic amines is 1. The van der Waals surface area contributed by atoms with Crippen molar-refractivity contribution >= 4 is 29.2 Å². The van der Waals surface area contributed by atoms with Crippen LogP contribution in [-0.4, -0.2) is 58.0 Å². The third-order valence-electron chi connectivity index (χ3n) is 3.91. The zero-order valence-corrected chi connectivity index (χ0v) is 12.9. The van der Waals surface area contributed by atoms with Crippen molar-refractivity contribution in [2.75, 3.05) is 25.0 Å². The smallest absolute Gasteiger partial charge is 0.340 e. The van der Waals surface area contributed by atoms with Crippen molar-refractivity contribution in [1.29, 1.82) is 0 Å². The summed E-state index contributed by atoms with van der Waals surface area (Å²) in [5.41, 5.74) is 0.988. The van der Waals surface area contributed by atoms with Gasteiger partial charge in [-0.1, -0.05) is 0 Å². The van der Waals surface area contributed by atoms with E-state index >= 15 is 0 Å². The number of nitrogens with one attached hydrogen (secondary N) is 2. The number of nitrogens with zero attached hydrogens (tertiary/aromatic N) is 3. The van der Waals surface area contributed by atoms with Gasteiger partial charge in [0.15, 0.2) is 0 Å². The highest BCUT2D eigenvalue weighted by atomic mass is 16.5. The van der Waals surface area contributed by atoms with Crippen molar-refractivity contribution < 1.29 is 14.3 Å². The molecule has 0 bridgehead atoms. The summed E-state index contributed by atoms with van der Waals surface area (Å²) in [5.74, 6) is 0.173. The molecule has 0 saturated carbocycles. The summed E-state index contributed by atoms with van der Waals surface area (Å²) < 4.78 is 5.08. The normalized spacial score (nSPS) is 18.0. The van der Waals surface area contributed by atoms with Gasteiger partial charge in [-0.25, -0.2) is 14.8 Å². The Morgan fingerprint density at radius 1 is 1.57 bits per heavy atom. The van der Waals surface area contributed by atoms with Crippen LogP contribution in [0.2, 0.25) is 0 Å². The lowest BCUT2D eigenvalue weighted by Gasteiger charge is -2.30. The second-order valence-electron chi connectivity index (χ2n) is 5.45. The maximum atomic E-state index is 12.1. The van der Waals surface area contributed by atoms with E-state index in [0.717, 1.165) is 25.8 Å². The number of piperidine rings is 1. The number of esters is 1. The van der Waals surface area contributed by atoms with E-state index in [-0.39, 0.29) is 6.04 Å². The number of H-pyrrole nitrogens is 1. The summed E-state index contributed by atoms with van der Waals surface area (Å²) in [5, 5.41) is 3.95. The minimum Gasteiger partial charge on any atom is -0.462 e. The van der Waals surface area contributed by atoms with Crippen LogP contribution in [0.5, 0.6) is 0 Å². The monoisotopic (exact) mass is 317 g/mol. The standard InChI is InChI=1S/C15H19N5O3/c1-2-23-15(22)11-6-16-13-12(11)14(18-8-17-13)19-10-4-3-5-20(7-10)9-21/h6,8-10H,2-5,7H2,1H3,(H2,16,17,18,19). The molecule has 2 N–H and O–H groups in total. The summed E-state index contributed by atoms with van der Waals surface area (Å²) in [6.07, 6.45) is 5.76. The molecule has 1 aliphatic heterocycles. The van der Waals surface area contributed by atoms with E-state index in [4.69, 9.17) is 4.74 Å². The van der Waals surface area contributed by atoms with Gasteiger partial charge in [-0.3, -0.25) is 4.79 Å². The Labute approximate surface area is 133 Å². The lowest BCUT2D eigenvalue weighted by molar-refractivity contribution is -0.119. The number of carbonyl (C=O) groups is 2. The molecule has 1 saturated heterocycles. The van der Waals surface area contributed by atoms with Gasteiger partial charge in [-0.2, -0.15) is 0 Å². The van der Waals surface area contributed by atoms with E-state index in [0.29, 0.717) is 35.6 Å². The minimum absolute atomic E-state index is 0.0944. The molecule has 1 aliphatic rings. The number of hydrogen-bond acceptors (Lipinski definition) is 6.